The van der Waals surface area contributed by atoms with Crippen LogP contribution in [-0.2, 0) is 35.5 Å². The van der Waals surface area contributed by atoms with Crippen molar-refractivity contribution < 1.29 is 33.9 Å². The van der Waals surface area contributed by atoms with E-state index in [-0.39, 0.29) is 95.1 Å². The highest BCUT2D eigenvalue weighted by atomic mass is 16.5. The fraction of sp³-hybridized carbons (Fsp3) is 0.348. The highest BCUT2D eigenvalue weighted by molar-refractivity contribution is 6.08. The van der Waals surface area contributed by atoms with Gasteiger partial charge in [0, 0.05) is 88.9 Å². The summed E-state index contributed by atoms with van der Waals surface area (Å²) in [6, 6.07) is 49.4. The zero-order valence-corrected chi connectivity index (χ0v) is 59.8. The Bertz CT molecular complexity index is 5610. The van der Waals surface area contributed by atoms with Gasteiger partial charge in [0.2, 0.25) is 5.75 Å². The van der Waals surface area contributed by atoms with Gasteiger partial charge in [-0.2, -0.15) is 0 Å². The lowest BCUT2D eigenvalue weighted by molar-refractivity contribution is 0.152. The number of aliphatic hydroxyl groups excluding tert-OH is 2. The van der Waals surface area contributed by atoms with Gasteiger partial charge in [0.15, 0.2) is 28.5 Å². The standard InChI is InChI=1S/C92H86N6O8/c1-90-64-26-19-54(69(90)34-28-64)23-33-71-70-32-24-57-16-17-62-43-60-13-7-11-56-15-18-63-47-91(70,82(57)79(62)78(63)77(56)60)50-92(71)65-27-20-59(73(44-65)96-89(93)94)42-53(48-99)49-105-84-80(61-25-35-72-87(92)98(38-37-95-72)88-68(45-76(90)97-88)58-12-6-10-52(40-58)41-61)83-81(74(102)46-75(106-83)55-21-30-66(100)31-22-55)85(86(84)103-2)104-39-36-67(101)29-14-51-8-4-3-5-9-51/h3-14,16-17,20-22,24,27,29-32,40,43-46,53-54,61,63-64,67,69-72,87,95,97,99-101H,15,18-19,26,28,34,36-39,41-42,47-50H2,1-2H3,(H4,93,94,96). The van der Waals surface area contributed by atoms with Gasteiger partial charge in [0.1, 0.15) is 22.7 Å². The molecular weight excluding hydrogens is 1320 g/mol. The molecule has 0 radical (unpaired) electrons. The van der Waals surface area contributed by atoms with Gasteiger partial charge < -0.3 is 60.6 Å². The molecule has 106 heavy (non-hydrogen) atoms. The van der Waals surface area contributed by atoms with Crippen molar-refractivity contribution in [3.63, 3.8) is 0 Å². The van der Waals surface area contributed by atoms with E-state index in [2.05, 4.69) is 143 Å². The molecule has 14 bridgehead atoms. The number of fused-ring (bicyclic) bond motifs is 11. The molecule has 10 aromatic rings. The number of aromatic nitrogens is 1. The summed E-state index contributed by atoms with van der Waals surface area (Å²) in [4.78, 5) is 28.1. The minimum Gasteiger partial charge on any atom is -0.508 e. The zero-order valence-electron chi connectivity index (χ0n) is 59.8. The van der Waals surface area contributed by atoms with Crippen LogP contribution in [0.25, 0.3) is 67.1 Å². The Labute approximate surface area is 616 Å². The van der Waals surface area contributed by atoms with E-state index < -0.39 is 46.3 Å². The maximum Gasteiger partial charge on any atom is 0.204 e. The van der Waals surface area contributed by atoms with E-state index in [4.69, 9.17) is 35.1 Å². The van der Waals surface area contributed by atoms with E-state index in [1.807, 2.05) is 36.4 Å². The van der Waals surface area contributed by atoms with E-state index in [1.54, 1.807) is 37.5 Å². The summed E-state index contributed by atoms with van der Waals surface area (Å²) in [5.41, 5.74) is 26.4. The molecule has 532 valence electrons. The normalized spacial score (nSPS) is 28.2. The van der Waals surface area contributed by atoms with Crippen LogP contribution in [0.1, 0.15) is 126 Å². The van der Waals surface area contributed by atoms with Crippen molar-refractivity contribution in [2.24, 2.45) is 52.0 Å². The Hall–Kier alpha value is -10.5. The van der Waals surface area contributed by atoms with Gasteiger partial charge >= 0.3 is 0 Å². The van der Waals surface area contributed by atoms with E-state index in [9.17, 15) is 15.3 Å². The lowest BCUT2D eigenvalue weighted by atomic mass is 9.55. The number of aliphatic hydroxyl groups is 2. The third-order valence-electron chi connectivity index (χ3n) is 26.9. The minimum absolute atomic E-state index is 0.0374. The van der Waals surface area contributed by atoms with Gasteiger partial charge in [-0.1, -0.05) is 152 Å². The van der Waals surface area contributed by atoms with Crippen molar-refractivity contribution >= 4 is 62.1 Å². The van der Waals surface area contributed by atoms with Crippen LogP contribution in [0, 0.1) is 59.2 Å². The minimum atomic E-state index is -0.914. The van der Waals surface area contributed by atoms with Crippen LogP contribution in [0.15, 0.2) is 172 Å². The second-order valence-corrected chi connectivity index (χ2v) is 32.3. The first kappa shape index (κ1) is 65.1. The number of ether oxygens (including phenoxy) is 3. The smallest absolute Gasteiger partial charge is 0.204 e. The molecule has 1 saturated heterocycles. The quantitative estimate of drug-likeness (QED) is 0.0295. The molecule has 0 amide bonds. The first-order chi connectivity index (χ1) is 51.8. The summed E-state index contributed by atoms with van der Waals surface area (Å²) < 4.78 is 28.2. The lowest BCUT2D eigenvalue weighted by Gasteiger charge is -2.53. The van der Waals surface area contributed by atoms with E-state index in [1.165, 1.54) is 55.6 Å². The Morgan fingerprint density at radius 1 is 0.830 bits per heavy atom. The molecule has 6 aliphatic carbocycles. The summed E-state index contributed by atoms with van der Waals surface area (Å²) in [5, 5.41) is 43.9. The van der Waals surface area contributed by atoms with E-state index >= 15 is 4.79 Å². The highest BCUT2D eigenvalue weighted by Crippen LogP contribution is 2.71. The Kier molecular flexibility index (Phi) is 15.2. The average Bonchev–Trinajstić information content (AvgIpc) is 1.48. The summed E-state index contributed by atoms with van der Waals surface area (Å²) in [6.45, 7) is 3.42. The van der Waals surface area contributed by atoms with Gasteiger partial charge in [-0.3, -0.25) is 4.79 Å². The number of phenols is 1. The van der Waals surface area contributed by atoms with E-state index in [0.29, 0.717) is 60.5 Å². The lowest BCUT2D eigenvalue weighted by Crippen LogP contribution is -2.67. The number of methoxy groups -OCH3 is 1. The fourth-order valence-electron chi connectivity index (χ4n) is 22.4. The molecule has 4 fully saturated rings. The maximum atomic E-state index is 15.8. The van der Waals surface area contributed by atoms with Gasteiger partial charge in [-0.15, -0.1) is 0 Å². The first-order valence-corrected chi connectivity index (χ1v) is 38.3. The van der Waals surface area contributed by atoms with E-state index in [0.717, 1.165) is 90.6 Å². The number of nitrogens with one attached hydrogen (secondary N) is 2. The summed E-state index contributed by atoms with van der Waals surface area (Å²) in [6.07, 6.45) is 16.7. The maximum absolute atomic E-state index is 15.8. The fourth-order valence-corrected chi connectivity index (χ4v) is 22.4. The predicted octanol–water partition coefficient (Wildman–Crippen LogP) is 14.9. The SMILES string of the molecule is COc1c2c(c3oc(-c4ccc(O)cc4)cc(=O)c3c1OCCC(O)C=Cc1ccccc1)C1C#CC3NCCN4c5[nH]c(cc5-c5cccc(c5)C1)C1(C)C5CCC(C#CC6C7C=Cc8ccc9cc%10cccc%11c%10c%10c9c8C7(CC%10CC%11)CC6(c6ccc(c(N=C(N)N)c6)CC(CO)CO2)C34)C1CC5. The number of benzene rings is 8. The van der Waals surface area contributed by atoms with Crippen molar-refractivity contribution in [2.45, 2.75) is 124 Å². The monoisotopic (exact) mass is 1400 g/mol. The topological polar surface area (TPSA) is 214 Å². The number of nitrogens with two attached hydrogens (primary N) is 2. The number of aliphatic imine (C=N–C) groups is 1. The van der Waals surface area contributed by atoms with Crippen LogP contribution in [0.2, 0.25) is 0 Å². The molecule has 14 nitrogen and oxygen atoms in total. The first-order valence-electron chi connectivity index (χ1n) is 38.3. The van der Waals surface area contributed by atoms with Crippen LogP contribution < -0.4 is 41.3 Å². The molecule has 21 rings (SSSR count). The zero-order chi connectivity index (χ0) is 71.5. The largest absolute Gasteiger partial charge is 0.508 e. The second-order valence-electron chi connectivity index (χ2n) is 32.3. The third-order valence-corrected chi connectivity index (χ3v) is 26.9. The van der Waals surface area contributed by atoms with Crippen LogP contribution in [0.3, 0.4) is 0 Å². The van der Waals surface area contributed by atoms with Crippen molar-refractivity contribution in [3.05, 3.63) is 224 Å². The number of aromatic hydroxyl groups is 1. The highest BCUT2D eigenvalue weighted by Gasteiger charge is 2.69. The van der Waals surface area contributed by atoms with Crippen molar-refractivity contribution in [3.8, 4) is 69.1 Å². The van der Waals surface area contributed by atoms with Crippen LogP contribution in [-0.4, -0.2) is 84.5 Å². The number of hydrogen-bond acceptors (Lipinski definition) is 11. The summed E-state index contributed by atoms with van der Waals surface area (Å²) in [5.74, 6) is 18.5. The number of allylic oxidation sites excluding steroid dienone is 1. The molecule has 7 heterocycles. The Balaban J connectivity index is 0.886. The molecule has 5 aliphatic heterocycles. The molecule has 14 unspecified atom stereocenters. The van der Waals surface area contributed by atoms with Crippen LogP contribution in [0.4, 0.5) is 11.5 Å². The molecule has 8 aromatic carbocycles. The average molecular weight is 1400 g/mol. The number of aryl methyl sites for hydroxylation is 1. The molecule has 14 heteroatoms. The van der Waals surface area contributed by atoms with Crippen molar-refractivity contribution in [1.29, 1.82) is 0 Å². The molecule has 14 atom stereocenters. The van der Waals surface area contributed by atoms with Crippen molar-refractivity contribution in [1.82, 2.24) is 10.3 Å². The molecule has 9 N–H and O–H groups in total. The summed E-state index contributed by atoms with van der Waals surface area (Å²) in [7, 11) is 1.54. The number of aromatic amines is 1. The number of phenolic OH excluding ortho intramolecular Hbond substituents is 1. The van der Waals surface area contributed by atoms with Crippen LogP contribution >= 0.6 is 0 Å². The van der Waals surface area contributed by atoms with Gasteiger partial charge in [-0.25, -0.2) is 4.99 Å². The number of anilines is 1. The Morgan fingerprint density at radius 2 is 1.69 bits per heavy atom. The van der Waals surface area contributed by atoms with Crippen LogP contribution in [0.5, 0.6) is 23.0 Å². The third kappa shape index (κ3) is 9.89. The number of rotatable bonds is 10. The number of nitrogens with zero attached hydrogens (tertiary/aromatic N) is 2. The predicted molar refractivity (Wildman–Crippen MR) is 418 cm³/mol. The summed E-state index contributed by atoms with van der Waals surface area (Å²) >= 11 is 0. The van der Waals surface area contributed by atoms with Gasteiger partial charge in [-0.05, 0) is 196 Å². The number of hydrogen-bond donors (Lipinski definition) is 7. The van der Waals surface area contributed by atoms with Gasteiger partial charge in [0.25, 0.3) is 0 Å². The Morgan fingerprint density at radius 3 is 2.55 bits per heavy atom. The number of guanidine groups is 1. The molecule has 3 saturated carbocycles. The van der Waals surface area contributed by atoms with Gasteiger partial charge in [0.05, 0.1) is 55.7 Å². The number of H-pyrrole nitrogens is 1. The second kappa shape index (κ2) is 24.8. The molecule has 11 aliphatic rings. The molecule has 2 spiro atoms. The molecule has 2 aromatic heterocycles. The van der Waals surface area contributed by atoms with Crippen molar-refractivity contribution in [2.75, 3.05) is 44.9 Å². The number of piperazine rings is 1. The molecular formula is C92H86N6O8.